The summed E-state index contributed by atoms with van der Waals surface area (Å²) >= 11 is 0. The summed E-state index contributed by atoms with van der Waals surface area (Å²) in [5.41, 5.74) is 2.40. The van der Waals surface area contributed by atoms with Gasteiger partial charge in [-0.2, -0.15) is 0 Å². The van der Waals surface area contributed by atoms with Gasteiger partial charge in [0, 0.05) is 11.1 Å². The number of ketones is 1. The van der Waals surface area contributed by atoms with Gasteiger partial charge in [-0.15, -0.1) is 0 Å². The normalized spacial score (nSPS) is 11.5. The molecule has 3 heteroatoms. The Hall–Kier alpha value is -2.29. The zero-order chi connectivity index (χ0) is 17.9. The third-order valence-electron chi connectivity index (χ3n) is 4.30. The lowest BCUT2D eigenvalue weighted by molar-refractivity contribution is 0.103. The first kappa shape index (κ1) is 18.1. The van der Waals surface area contributed by atoms with Crippen LogP contribution in [-0.2, 0) is 11.8 Å². The molecule has 0 spiro atoms. The number of rotatable bonds is 5. The van der Waals surface area contributed by atoms with Gasteiger partial charge in [0.15, 0.2) is 5.78 Å². The predicted octanol–water partition coefficient (Wildman–Crippen LogP) is 4.97. The van der Waals surface area contributed by atoms with Gasteiger partial charge in [0.2, 0.25) is 0 Å². The number of phenols is 2. The Balaban J connectivity index is 2.36. The minimum Gasteiger partial charge on any atom is -0.508 e. The quantitative estimate of drug-likeness (QED) is 0.763. The second kappa shape index (κ2) is 7.08. The van der Waals surface area contributed by atoms with Gasteiger partial charge in [-0.05, 0) is 36.0 Å². The van der Waals surface area contributed by atoms with E-state index in [9.17, 15) is 15.0 Å². The molecular formula is C21H26O3. The van der Waals surface area contributed by atoms with Gasteiger partial charge < -0.3 is 10.2 Å². The second-order valence-corrected chi connectivity index (χ2v) is 7.22. The molecule has 0 aliphatic carbocycles. The highest BCUT2D eigenvalue weighted by Gasteiger charge is 2.20. The molecule has 0 fully saturated rings. The summed E-state index contributed by atoms with van der Waals surface area (Å²) in [5.74, 6) is -0.292. The largest absolute Gasteiger partial charge is 0.508 e. The molecular weight excluding hydrogens is 300 g/mol. The summed E-state index contributed by atoms with van der Waals surface area (Å²) in [6, 6.07) is 10.5. The Morgan fingerprint density at radius 2 is 1.62 bits per heavy atom. The van der Waals surface area contributed by atoms with Crippen LogP contribution in [0.5, 0.6) is 11.5 Å². The average molecular weight is 326 g/mol. The number of unbranched alkanes of at least 4 members (excludes halogenated alkanes) is 1. The van der Waals surface area contributed by atoms with Gasteiger partial charge in [0.25, 0.3) is 0 Å². The Morgan fingerprint density at radius 3 is 2.17 bits per heavy atom. The van der Waals surface area contributed by atoms with Crippen molar-refractivity contribution in [3.8, 4) is 11.5 Å². The van der Waals surface area contributed by atoms with Gasteiger partial charge >= 0.3 is 0 Å². The lowest BCUT2D eigenvalue weighted by Crippen LogP contribution is -2.11. The molecule has 128 valence electrons. The smallest absolute Gasteiger partial charge is 0.196 e. The molecule has 0 bridgehead atoms. The molecule has 2 aromatic rings. The van der Waals surface area contributed by atoms with Crippen molar-refractivity contribution in [1.82, 2.24) is 0 Å². The highest BCUT2D eigenvalue weighted by atomic mass is 16.3. The van der Waals surface area contributed by atoms with Crippen molar-refractivity contribution in [1.29, 1.82) is 0 Å². The molecule has 0 aliphatic rings. The topological polar surface area (TPSA) is 57.5 Å². The Morgan fingerprint density at radius 1 is 1.00 bits per heavy atom. The Bertz CT molecular complexity index is 722. The van der Waals surface area contributed by atoms with Crippen LogP contribution in [0, 0.1) is 0 Å². The van der Waals surface area contributed by atoms with Gasteiger partial charge in [-0.1, -0.05) is 58.4 Å². The van der Waals surface area contributed by atoms with Crippen LogP contribution in [0.15, 0.2) is 36.4 Å². The molecule has 0 aliphatic heterocycles. The maximum absolute atomic E-state index is 12.7. The lowest BCUT2D eigenvalue weighted by Gasteiger charge is -2.19. The van der Waals surface area contributed by atoms with E-state index in [-0.39, 0.29) is 28.3 Å². The van der Waals surface area contributed by atoms with Crippen LogP contribution in [0.4, 0.5) is 0 Å². The van der Waals surface area contributed by atoms with Crippen LogP contribution in [0.3, 0.4) is 0 Å². The fraction of sp³-hybridized carbons (Fsp3) is 0.381. The molecule has 0 heterocycles. The molecule has 2 rings (SSSR count). The van der Waals surface area contributed by atoms with Crippen molar-refractivity contribution in [2.45, 2.75) is 52.4 Å². The summed E-state index contributed by atoms with van der Waals surface area (Å²) in [7, 11) is 0. The average Bonchev–Trinajstić information content (AvgIpc) is 2.53. The summed E-state index contributed by atoms with van der Waals surface area (Å²) in [4.78, 5) is 12.7. The van der Waals surface area contributed by atoms with Crippen LogP contribution >= 0.6 is 0 Å². The first-order valence-electron chi connectivity index (χ1n) is 8.44. The summed E-state index contributed by atoms with van der Waals surface area (Å²) in [6.45, 7) is 8.40. The van der Waals surface area contributed by atoms with Gasteiger partial charge in [-0.25, -0.2) is 0 Å². The number of benzene rings is 2. The summed E-state index contributed by atoms with van der Waals surface area (Å²) in [5, 5.41) is 20.4. The fourth-order valence-corrected chi connectivity index (χ4v) is 2.69. The van der Waals surface area contributed by atoms with E-state index >= 15 is 0 Å². The summed E-state index contributed by atoms with van der Waals surface area (Å²) in [6.07, 6.45) is 2.35. The highest BCUT2D eigenvalue weighted by molar-refractivity contribution is 6.11. The molecule has 2 aromatic carbocycles. The van der Waals surface area contributed by atoms with Crippen molar-refractivity contribution < 1.29 is 15.0 Å². The van der Waals surface area contributed by atoms with Crippen LogP contribution < -0.4 is 0 Å². The van der Waals surface area contributed by atoms with Crippen LogP contribution in [0.25, 0.3) is 0 Å². The van der Waals surface area contributed by atoms with E-state index in [0.717, 1.165) is 18.4 Å². The van der Waals surface area contributed by atoms with Crippen molar-refractivity contribution >= 4 is 5.78 Å². The van der Waals surface area contributed by atoms with E-state index < -0.39 is 0 Å². The lowest BCUT2D eigenvalue weighted by atomic mass is 9.86. The maximum Gasteiger partial charge on any atom is 0.196 e. The maximum atomic E-state index is 12.7. The number of carbonyl (C=O) groups excluding carboxylic acids is 1. The molecule has 0 radical (unpaired) electrons. The third-order valence-corrected chi connectivity index (χ3v) is 4.30. The number of hydrogen-bond donors (Lipinski definition) is 2. The minimum atomic E-state index is -0.231. The van der Waals surface area contributed by atoms with Crippen molar-refractivity contribution in [2.75, 3.05) is 0 Å². The predicted molar refractivity (Wildman–Crippen MR) is 97.0 cm³/mol. The van der Waals surface area contributed by atoms with E-state index in [2.05, 4.69) is 20.8 Å². The van der Waals surface area contributed by atoms with Crippen LogP contribution in [0.1, 0.15) is 67.6 Å². The van der Waals surface area contributed by atoms with E-state index in [1.807, 2.05) is 19.1 Å². The molecule has 2 N–H and O–H groups in total. The molecule has 3 nitrogen and oxygen atoms in total. The first-order valence-corrected chi connectivity index (χ1v) is 8.44. The van der Waals surface area contributed by atoms with Crippen LogP contribution in [-0.4, -0.2) is 16.0 Å². The zero-order valence-corrected chi connectivity index (χ0v) is 14.9. The molecule has 24 heavy (non-hydrogen) atoms. The molecule has 0 unspecified atom stereocenters. The standard InChI is InChI=1S/C21H26O3/c1-5-6-7-16-18(22)13-12-17(20(16)24)19(23)14-8-10-15(11-9-14)21(2,3)4/h8-13,22,24H,5-7H2,1-4H3. The summed E-state index contributed by atoms with van der Waals surface area (Å²) < 4.78 is 0. The highest BCUT2D eigenvalue weighted by Crippen LogP contribution is 2.33. The van der Waals surface area contributed by atoms with Crippen molar-refractivity contribution in [3.05, 3.63) is 58.7 Å². The SMILES string of the molecule is CCCCc1c(O)ccc(C(=O)c2ccc(C(C)(C)C)cc2)c1O. The molecule has 0 aromatic heterocycles. The van der Waals surface area contributed by atoms with Crippen LogP contribution in [0.2, 0.25) is 0 Å². The van der Waals surface area contributed by atoms with Gasteiger partial charge in [0.05, 0.1) is 5.56 Å². The molecule has 0 saturated heterocycles. The number of phenolic OH excluding ortho intramolecular Hbond substituents is 2. The second-order valence-electron chi connectivity index (χ2n) is 7.22. The first-order chi connectivity index (χ1) is 11.3. The molecule has 0 saturated carbocycles. The van der Waals surface area contributed by atoms with E-state index in [4.69, 9.17) is 0 Å². The Kier molecular flexibility index (Phi) is 5.33. The van der Waals surface area contributed by atoms with Gasteiger partial charge in [-0.3, -0.25) is 4.79 Å². The minimum absolute atomic E-state index is 0.0234. The number of hydrogen-bond acceptors (Lipinski definition) is 3. The number of carbonyl (C=O) groups is 1. The van der Waals surface area contributed by atoms with E-state index in [1.54, 1.807) is 12.1 Å². The van der Waals surface area contributed by atoms with E-state index in [0.29, 0.717) is 17.5 Å². The zero-order valence-electron chi connectivity index (χ0n) is 14.9. The van der Waals surface area contributed by atoms with Crippen molar-refractivity contribution in [3.63, 3.8) is 0 Å². The monoisotopic (exact) mass is 326 g/mol. The van der Waals surface area contributed by atoms with Gasteiger partial charge in [0.1, 0.15) is 11.5 Å². The fourth-order valence-electron chi connectivity index (χ4n) is 2.69. The molecule has 0 amide bonds. The van der Waals surface area contributed by atoms with Crippen molar-refractivity contribution in [2.24, 2.45) is 0 Å². The third kappa shape index (κ3) is 3.78. The molecule has 0 atom stereocenters. The number of aromatic hydroxyl groups is 2. The Labute approximate surface area is 144 Å². The van der Waals surface area contributed by atoms with E-state index in [1.165, 1.54) is 12.1 Å².